The zero-order valence-corrected chi connectivity index (χ0v) is 16.9. The smallest absolute Gasteiger partial charge is 0.253 e. The molecule has 1 aliphatic rings. The third-order valence-corrected chi connectivity index (χ3v) is 5.30. The molecule has 0 saturated carbocycles. The maximum absolute atomic E-state index is 13.1. The SMILES string of the molecule is CCOc1ccc(C(=O)N2CCN(C(=O)C(C)(C)c3ccccc3)CC2)cc1. The Hall–Kier alpha value is -2.82. The lowest BCUT2D eigenvalue weighted by atomic mass is 9.83. The summed E-state index contributed by atoms with van der Waals surface area (Å²) >= 11 is 0. The Morgan fingerprint density at radius 1 is 0.893 bits per heavy atom. The van der Waals surface area contributed by atoms with Gasteiger partial charge >= 0.3 is 0 Å². The normalized spacial score (nSPS) is 14.7. The van der Waals surface area contributed by atoms with Crippen LogP contribution in [-0.2, 0) is 10.2 Å². The fourth-order valence-electron chi connectivity index (χ4n) is 3.53. The van der Waals surface area contributed by atoms with Crippen molar-refractivity contribution in [3.63, 3.8) is 0 Å². The summed E-state index contributed by atoms with van der Waals surface area (Å²) in [6, 6.07) is 17.1. The summed E-state index contributed by atoms with van der Waals surface area (Å²) in [5.41, 5.74) is 1.07. The summed E-state index contributed by atoms with van der Waals surface area (Å²) < 4.78 is 5.43. The van der Waals surface area contributed by atoms with Crippen molar-refractivity contribution in [3.8, 4) is 5.75 Å². The van der Waals surface area contributed by atoms with Crippen LogP contribution in [0.3, 0.4) is 0 Å². The van der Waals surface area contributed by atoms with Gasteiger partial charge in [0.25, 0.3) is 5.91 Å². The van der Waals surface area contributed by atoms with Crippen molar-refractivity contribution >= 4 is 11.8 Å². The van der Waals surface area contributed by atoms with Gasteiger partial charge in [0, 0.05) is 31.7 Å². The standard InChI is InChI=1S/C23H28N2O3/c1-4-28-20-12-10-18(11-13-20)21(26)24-14-16-25(17-15-24)22(27)23(2,3)19-8-6-5-7-9-19/h5-13H,4,14-17H2,1-3H3. The highest BCUT2D eigenvalue weighted by atomic mass is 16.5. The highest BCUT2D eigenvalue weighted by Crippen LogP contribution is 2.26. The Bertz CT molecular complexity index is 808. The van der Waals surface area contributed by atoms with Crippen LogP contribution in [0, 0.1) is 0 Å². The molecule has 5 nitrogen and oxygen atoms in total. The number of ether oxygens (including phenoxy) is 1. The number of hydrogen-bond donors (Lipinski definition) is 0. The van der Waals surface area contributed by atoms with Crippen molar-refractivity contribution in [1.82, 2.24) is 9.80 Å². The molecule has 0 radical (unpaired) electrons. The highest BCUT2D eigenvalue weighted by molar-refractivity contribution is 5.94. The van der Waals surface area contributed by atoms with Gasteiger partial charge in [0.1, 0.15) is 5.75 Å². The largest absolute Gasteiger partial charge is 0.494 e. The second kappa shape index (κ2) is 8.46. The van der Waals surface area contributed by atoms with Gasteiger partial charge in [0.2, 0.25) is 5.91 Å². The number of piperazine rings is 1. The zero-order valence-electron chi connectivity index (χ0n) is 16.9. The van der Waals surface area contributed by atoms with E-state index >= 15 is 0 Å². The number of hydrogen-bond acceptors (Lipinski definition) is 3. The van der Waals surface area contributed by atoms with E-state index in [1.807, 2.05) is 73.0 Å². The predicted molar refractivity (Wildman–Crippen MR) is 110 cm³/mol. The highest BCUT2D eigenvalue weighted by Gasteiger charge is 2.35. The van der Waals surface area contributed by atoms with Crippen LogP contribution in [-0.4, -0.2) is 54.4 Å². The molecule has 0 atom stereocenters. The molecular formula is C23H28N2O3. The Labute approximate surface area is 166 Å². The number of nitrogens with zero attached hydrogens (tertiary/aromatic N) is 2. The van der Waals surface area contributed by atoms with Crippen LogP contribution >= 0.6 is 0 Å². The van der Waals surface area contributed by atoms with Crippen LogP contribution in [0.15, 0.2) is 54.6 Å². The summed E-state index contributed by atoms with van der Waals surface area (Å²) in [6.45, 7) is 8.65. The quantitative estimate of drug-likeness (QED) is 0.799. The molecule has 1 fully saturated rings. The molecule has 1 aliphatic heterocycles. The number of amides is 2. The topological polar surface area (TPSA) is 49.9 Å². The average molecular weight is 380 g/mol. The number of carbonyl (C=O) groups excluding carboxylic acids is 2. The van der Waals surface area contributed by atoms with Crippen LogP contribution in [0.1, 0.15) is 36.7 Å². The molecule has 2 amide bonds. The van der Waals surface area contributed by atoms with E-state index in [0.717, 1.165) is 11.3 Å². The van der Waals surface area contributed by atoms with Crippen LogP contribution < -0.4 is 4.74 Å². The van der Waals surface area contributed by atoms with E-state index < -0.39 is 5.41 Å². The molecule has 28 heavy (non-hydrogen) atoms. The fourth-order valence-corrected chi connectivity index (χ4v) is 3.53. The molecule has 1 heterocycles. The lowest BCUT2D eigenvalue weighted by Crippen LogP contribution is -2.54. The van der Waals surface area contributed by atoms with Gasteiger partial charge in [-0.25, -0.2) is 0 Å². The first kappa shape index (κ1) is 19.9. The van der Waals surface area contributed by atoms with Crippen molar-refractivity contribution in [2.24, 2.45) is 0 Å². The molecule has 1 saturated heterocycles. The molecule has 2 aromatic carbocycles. The van der Waals surface area contributed by atoms with Gasteiger partial charge < -0.3 is 14.5 Å². The van der Waals surface area contributed by atoms with E-state index in [1.165, 1.54) is 0 Å². The fraction of sp³-hybridized carbons (Fsp3) is 0.391. The first-order valence-corrected chi connectivity index (χ1v) is 9.80. The molecule has 0 aromatic heterocycles. The summed E-state index contributed by atoms with van der Waals surface area (Å²) in [4.78, 5) is 29.5. The molecular weight excluding hydrogens is 352 g/mol. The molecule has 3 rings (SSSR count). The van der Waals surface area contributed by atoms with Gasteiger partial charge in [-0.15, -0.1) is 0 Å². The van der Waals surface area contributed by atoms with Gasteiger partial charge in [0.15, 0.2) is 0 Å². The zero-order chi connectivity index (χ0) is 20.1. The Morgan fingerprint density at radius 3 is 2.04 bits per heavy atom. The van der Waals surface area contributed by atoms with Crippen molar-refractivity contribution in [2.75, 3.05) is 32.8 Å². The molecule has 0 N–H and O–H groups in total. The van der Waals surface area contributed by atoms with E-state index in [-0.39, 0.29) is 11.8 Å². The minimum Gasteiger partial charge on any atom is -0.494 e. The monoisotopic (exact) mass is 380 g/mol. The Balaban J connectivity index is 1.60. The first-order valence-electron chi connectivity index (χ1n) is 9.80. The molecule has 0 bridgehead atoms. The van der Waals surface area contributed by atoms with Crippen LogP contribution in [0.2, 0.25) is 0 Å². The van der Waals surface area contributed by atoms with E-state index in [0.29, 0.717) is 38.3 Å². The minimum absolute atomic E-state index is 0.00235. The average Bonchev–Trinajstić information content (AvgIpc) is 2.74. The van der Waals surface area contributed by atoms with Gasteiger partial charge in [-0.1, -0.05) is 30.3 Å². The van der Waals surface area contributed by atoms with Crippen LogP contribution in [0.4, 0.5) is 0 Å². The second-order valence-corrected chi connectivity index (χ2v) is 7.53. The summed E-state index contributed by atoms with van der Waals surface area (Å²) in [5, 5.41) is 0. The molecule has 2 aromatic rings. The summed E-state index contributed by atoms with van der Waals surface area (Å²) in [7, 11) is 0. The van der Waals surface area contributed by atoms with E-state index in [4.69, 9.17) is 4.74 Å². The number of rotatable bonds is 5. The number of benzene rings is 2. The van der Waals surface area contributed by atoms with E-state index in [1.54, 1.807) is 12.1 Å². The van der Waals surface area contributed by atoms with E-state index in [9.17, 15) is 9.59 Å². The van der Waals surface area contributed by atoms with E-state index in [2.05, 4.69) is 0 Å². The Kier molecular flexibility index (Phi) is 6.02. The second-order valence-electron chi connectivity index (χ2n) is 7.53. The third kappa shape index (κ3) is 4.19. The summed E-state index contributed by atoms with van der Waals surface area (Å²) in [6.07, 6.45) is 0. The lowest BCUT2D eigenvalue weighted by Gasteiger charge is -2.38. The summed E-state index contributed by atoms with van der Waals surface area (Å²) in [5.74, 6) is 0.863. The first-order chi connectivity index (χ1) is 13.4. The third-order valence-electron chi connectivity index (χ3n) is 5.30. The lowest BCUT2D eigenvalue weighted by molar-refractivity contribution is -0.137. The maximum Gasteiger partial charge on any atom is 0.253 e. The van der Waals surface area contributed by atoms with Crippen molar-refractivity contribution in [1.29, 1.82) is 0 Å². The molecule has 5 heteroatoms. The predicted octanol–water partition coefficient (Wildman–Crippen LogP) is 3.35. The van der Waals surface area contributed by atoms with Gasteiger partial charge in [-0.2, -0.15) is 0 Å². The van der Waals surface area contributed by atoms with Crippen LogP contribution in [0.25, 0.3) is 0 Å². The van der Waals surface area contributed by atoms with Crippen LogP contribution in [0.5, 0.6) is 5.75 Å². The molecule has 0 unspecified atom stereocenters. The van der Waals surface area contributed by atoms with Crippen molar-refractivity contribution in [3.05, 3.63) is 65.7 Å². The number of carbonyl (C=O) groups is 2. The minimum atomic E-state index is -0.581. The van der Waals surface area contributed by atoms with Crippen molar-refractivity contribution < 1.29 is 14.3 Å². The van der Waals surface area contributed by atoms with Gasteiger partial charge in [-0.3, -0.25) is 9.59 Å². The van der Waals surface area contributed by atoms with Gasteiger partial charge in [-0.05, 0) is 50.6 Å². The molecule has 0 spiro atoms. The van der Waals surface area contributed by atoms with Gasteiger partial charge in [0.05, 0.1) is 12.0 Å². The maximum atomic E-state index is 13.1. The molecule has 0 aliphatic carbocycles. The van der Waals surface area contributed by atoms with Crippen molar-refractivity contribution in [2.45, 2.75) is 26.2 Å². The Morgan fingerprint density at radius 2 is 1.46 bits per heavy atom. The molecule has 148 valence electrons.